The maximum Gasteiger partial charge on any atom is 0.216 e. The van der Waals surface area contributed by atoms with Gasteiger partial charge in [0.25, 0.3) is 0 Å². The number of hydrogen-bond donors (Lipinski definition) is 1. The highest BCUT2D eigenvalue weighted by molar-refractivity contribution is 7.71. The van der Waals surface area contributed by atoms with Gasteiger partial charge < -0.3 is 4.74 Å². The number of aromatic amines is 1. The molecule has 1 aromatic heterocycles. The van der Waals surface area contributed by atoms with Crippen LogP contribution >= 0.6 is 12.2 Å². The molecule has 0 saturated carbocycles. The fraction of sp³-hybridized carbons (Fsp3) is 0.357. The molecule has 0 amide bonds. The van der Waals surface area contributed by atoms with E-state index in [1.165, 1.54) is 23.8 Å². The number of unbranched alkanes of at least 4 members (excludes halogenated alkanes) is 2. The molecule has 0 bridgehead atoms. The molecule has 0 aliphatic heterocycles. The molecular formula is C14H18N4OS. The van der Waals surface area contributed by atoms with Crippen molar-refractivity contribution in [2.24, 2.45) is 5.10 Å². The summed E-state index contributed by atoms with van der Waals surface area (Å²) in [6, 6.07) is 7.81. The first-order valence-corrected chi connectivity index (χ1v) is 7.10. The predicted molar refractivity (Wildman–Crippen MR) is 81.9 cm³/mol. The van der Waals surface area contributed by atoms with Crippen molar-refractivity contribution in [3.63, 3.8) is 0 Å². The minimum atomic E-state index is 0.461. The topological polar surface area (TPSA) is 55.2 Å². The first-order chi connectivity index (χ1) is 9.81. The van der Waals surface area contributed by atoms with Crippen molar-refractivity contribution in [3.05, 3.63) is 40.9 Å². The van der Waals surface area contributed by atoms with Gasteiger partial charge in [-0.05, 0) is 30.8 Å². The summed E-state index contributed by atoms with van der Waals surface area (Å²) in [4.78, 5) is 0. The molecule has 0 spiro atoms. The number of para-hydroxylation sites is 1. The number of H-pyrrole nitrogens is 1. The average molecular weight is 290 g/mol. The Morgan fingerprint density at radius 1 is 1.40 bits per heavy atom. The van der Waals surface area contributed by atoms with Gasteiger partial charge in [-0.3, -0.25) is 5.10 Å². The largest absolute Gasteiger partial charge is 0.493 e. The SMILES string of the molecule is CCCCCOc1ccccc1/C=N\n1cn[nH]c1=S. The quantitative estimate of drug-likeness (QED) is 0.483. The normalized spacial score (nSPS) is 11.1. The number of nitrogens with zero attached hydrogens (tertiary/aromatic N) is 3. The minimum absolute atomic E-state index is 0.461. The van der Waals surface area contributed by atoms with Gasteiger partial charge in [-0.25, -0.2) is 0 Å². The molecule has 6 heteroatoms. The second-order valence-corrected chi connectivity index (χ2v) is 4.73. The van der Waals surface area contributed by atoms with Crippen LogP contribution < -0.4 is 4.74 Å². The van der Waals surface area contributed by atoms with E-state index in [-0.39, 0.29) is 0 Å². The molecule has 0 saturated heterocycles. The Kier molecular flexibility index (Phi) is 5.49. The van der Waals surface area contributed by atoms with E-state index < -0.39 is 0 Å². The molecule has 0 fully saturated rings. The van der Waals surface area contributed by atoms with E-state index in [0.717, 1.165) is 24.3 Å². The van der Waals surface area contributed by atoms with Gasteiger partial charge in [-0.15, -0.1) is 0 Å². The van der Waals surface area contributed by atoms with Crippen LogP contribution in [0.25, 0.3) is 0 Å². The first-order valence-electron chi connectivity index (χ1n) is 6.69. The summed E-state index contributed by atoms with van der Waals surface area (Å²) in [6.45, 7) is 2.90. The monoisotopic (exact) mass is 290 g/mol. The third kappa shape index (κ3) is 4.03. The van der Waals surface area contributed by atoms with Gasteiger partial charge in [0, 0.05) is 5.56 Å². The lowest BCUT2D eigenvalue weighted by molar-refractivity contribution is 0.306. The van der Waals surface area contributed by atoms with Gasteiger partial charge >= 0.3 is 0 Å². The highest BCUT2D eigenvalue weighted by atomic mass is 32.1. The summed E-state index contributed by atoms with van der Waals surface area (Å²) >= 11 is 5.03. The van der Waals surface area contributed by atoms with Gasteiger partial charge in [0.2, 0.25) is 4.77 Å². The maximum absolute atomic E-state index is 5.79. The zero-order chi connectivity index (χ0) is 14.2. The number of ether oxygens (including phenoxy) is 1. The van der Waals surface area contributed by atoms with E-state index in [1.807, 2.05) is 24.3 Å². The lowest BCUT2D eigenvalue weighted by Gasteiger charge is -2.08. The molecule has 106 valence electrons. The zero-order valence-electron chi connectivity index (χ0n) is 11.5. The fourth-order valence-corrected chi connectivity index (χ4v) is 1.85. The van der Waals surface area contributed by atoms with Crippen LogP contribution in [0.4, 0.5) is 0 Å². The highest BCUT2D eigenvalue weighted by Gasteiger charge is 2.00. The van der Waals surface area contributed by atoms with E-state index in [4.69, 9.17) is 17.0 Å². The molecule has 0 atom stereocenters. The van der Waals surface area contributed by atoms with Crippen molar-refractivity contribution < 1.29 is 4.74 Å². The van der Waals surface area contributed by atoms with Crippen molar-refractivity contribution in [1.82, 2.24) is 14.9 Å². The van der Waals surface area contributed by atoms with Crippen molar-refractivity contribution in [2.45, 2.75) is 26.2 Å². The Hall–Kier alpha value is -1.95. The summed E-state index contributed by atoms with van der Waals surface area (Å²) in [5.41, 5.74) is 0.923. The summed E-state index contributed by atoms with van der Waals surface area (Å²) < 4.78 is 7.75. The van der Waals surface area contributed by atoms with Crippen LogP contribution in [-0.4, -0.2) is 27.7 Å². The van der Waals surface area contributed by atoms with Gasteiger partial charge in [-0.2, -0.15) is 14.9 Å². The van der Waals surface area contributed by atoms with Gasteiger partial charge in [0.15, 0.2) is 0 Å². The number of rotatable bonds is 7. The van der Waals surface area contributed by atoms with Gasteiger partial charge in [0.05, 0.1) is 12.8 Å². The van der Waals surface area contributed by atoms with Crippen LogP contribution in [0, 0.1) is 4.77 Å². The first kappa shape index (κ1) is 14.5. The van der Waals surface area contributed by atoms with Crippen LogP contribution in [-0.2, 0) is 0 Å². The minimum Gasteiger partial charge on any atom is -0.493 e. The Labute approximate surface area is 123 Å². The van der Waals surface area contributed by atoms with Crippen LogP contribution in [0.2, 0.25) is 0 Å². The van der Waals surface area contributed by atoms with Crippen molar-refractivity contribution in [3.8, 4) is 5.75 Å². The molecule has 1 heterocycles. The third-order valence-corrected chi connectivity index (χ3v) is 3.06. The van der Waals surface area contributed by atoms with Gasteiger partial charge in [-0.1, -0.05) is 31.9 Å². The maximum atomic E-state index is 5.79. The molecule has 0 radical (unpaired) electrons. The number of hydrogen-bond acceptors (Lipinski definition) is 4. The Bertz CT molecular complexity index is 617. The van der Waals surface area contributed by atoms with E-state index >= 15 is 0 Å². The molecule has 1 N–H and O–H groups in total. The lowest BCUT2D eigenvalue weighted by Crippen LogP contribution is -2.00. The Balaban J connectivity index is 2.06. The molecule has 0 unspecified atom stereocenters. The molecule has 20 heavy (non-hydrogen) atoms. The molecule has 2 rings (SSSR count). The van der Waals surface area contributed by atoms with Crippen LogP contribution in [0.5, 0.6) is 5.75 Å². The summed E-state index contributed by atoms with van der Waals surface area (Å²) in [6.07, 6.45) is 6.68. The van der Waals surface area contributed by atoms with Crippen molar-refractivity contribution in [1.29, 1.82) is 0 Å². The molecule has 0 aliphatic carbocycles. The molecular weight excluding hydrogens is 272 g/mol. The standard InChI is InChI=1S/C14H18N4OS/c1-2-3-6-9-19-13-8-5-4-7-12(13)10-16-18-11-15-17-14(18)20/h4-5,7-8,10-11H,2-3,6,9H2,1H3,(H,17,20)/b16-10-. The number of nitrogens with one attached hydrogen (secondary N) is 1. The lowest BCUT2D eigenvalue weighted by atomic mass is 10.2. The number of aromatic nitrogens is 3. The van der Waals surface area contributed by atoms with E-state index in [1.54, 1.807) is 6.21 Å². The molecule has 2 aromatic rings. The highest BCUT2D eigenvalue weighted by Crippen LogP contribution is 2.16. The van der Waals surface area contributed by atoms with Crippen LogP contribution in [0.1, 0.15) is 31.7 Å². The van der Waals surface area contributed by atoms with E-state index in [9.17, 15) is 0 Å². The fourth-order valence-electron chi connectivity index (χ4n) is 1.70. The second kappa shape index (κ2) is 7.59. The van der Waals surface area contributed by atoms with Crippen LogP contribution in [0.15, 0.2) is 35.7 Å². The van der Waals surface area contributed by atoms with Crippen LogP contribution in [0.3, 0.4) is 0 Å². The van der Waals surface area contributed by atoms with E-state index in [2.05, 4.69) is 22.2 Å². The van der Waals surface area contributed by atoms with Gasteiger partial charge in [0.1, 0.15) is 12.1 Å². The predicted octanol–water partition coefficient (Wildman–Crippen LogP) is 3.39. The molecule has 5 nitrogen and oxygen atoms in total. The van der Waals surface area contributed by atoms with E-state index in [0.29, 0.717) is 4.77 Å². The Morgan fingerprint density at radius 2 is 2.25 bits per heavy atom. The molecule has 1 aromatic carbocycles. The smallest absolute Gasteiger partial charge is 0.216 e. The number of benzene rings is 1. The molecule has 0 aliphatic rings. The van der Waals surface area contributed by atoms with Crippen molar-refractivity contribution >= 4 is 18.4 Å². The summed E-state index contributed by atoms with van der Waals surface area (Å²) in [7, 11) is 0. The average Bonchev–Trinajstić information content (AvgIpc) is 2.88. The summed E-state index contributed by atoms with van der Waals surface area (Å²) in [5.74, 6) is 0.836. The second-order valence-electron chi connectivity index (χ2n) is 4.34. The zero-order valence-corrected chi connectivity index (χ0v) is 12.3. The summed E-state index contributed by atoms with van der Waals surface area (Å²) in [5, 5.41) is 10.7. The van der Waals surface area contributed by atoms with Crippen molar-refractivity contribution in [2.75, 3.05) is 6.61 Å². The Morgan fingerprint density at radius 3 is 3.00 bits per heavy atom. The third-order valence-electron chi connectivity index (χ3n) is 2.78.